The van der Waals surface area contributed by atoms with Gasteiger partial charge in [-0.3, -0.25) is 4.98 Å². The van der Waals surface area contributed by atoms with E-state index in [2.05, 4.69) is 9.97 Å². The van der Waals surface area contributed by atoms with Gasteiger partial charge in [-0.1, -0.05) is 0 Å². The van der Waals surface area contributed by atoms with Crippen molar-refractivity contribution in [2.45, 2.75) is 20.0 Å². The van der Waals surface area contributed by atoms with Crippen LogP contribution in [-0.2, 0) is 6.18 Å². The van der Waals surface area contributed by atoms with Crippen molar-refractivity contribution < 1.29 is 13.2 Å². The van der Waals surface area contributed by atoms with Crippen LogP contribution in [-0.4, -0.2) is 9.97 Å². The molecule has 80 valence electrons. The second kappa shape index (κ2) is 2.98. The molecule has 0 aliphatic rings. The first kappa shape index (κ1) is 10.0. The first-order chi connectivity index (χ1) is 6.89. The number of fused-ring (bicyclic) bond motifs is 1. The summed E-state index contributed by atoms with van der Waals surface area (Å²) in [6.45, 7) is 3.64. The number of hydrogen-bond acceptors (Lipinski definition) is 1. The fourth-order valence-electron chi connectivity index (χ4n) is 1.49. The summed E-state index contributed by atoms with van der Waals surface area (Å²) in [6, 6.07) is 1.09. The zero-order valence-corrected chi connectivity index (χ0v) is 8.24. The Morgan fingerprint density at radius 3 is 2.53 bits per heavy atom. The van der Waals surface area contributed by atoms with Crippen LogP contribution in [0.3, 0.4) is 0 Å². The van der Waals surface area contributed by atoms with Gasteiger partial charge in [-0.25, -0.2) is 0 Å². The van der Waals surface area contributed by atoms with Gasteiger partial charge in [0.25, 0.3) is 0 Å². The van der Waals surface area contributed by atoms with E-state index in [-0.39, 0.29) is 0 Å². The van der Waals surface area contributed by atoms with Crippen LogP contribution in [0.2, 0.25) is 0 Å². The Labute approximate surface area is 84.1 Å². The van der Waals surface area contributed by atoms with Gasteiger partial charge in [-0.15, -0.1) is 0 Å². The Kier molecular flexibility index (Phi) is 1.99. The lowest BCUT2D eigenvalue weighted by Gasteiger charge is -2.05. The lowest BCUT2D eigenvalue weighted by atomic mass is 10.2. The van der Waals surface area contributed by atoms with Crippen LogP contribution in [0.1, 0.15) is 16.8 Å². The zero-order valence-electron chi connectivity index (χ0n) is 8.24. The molecule has 0 radical (unpaired) electrons. The third-order valence-corrected chi connectivity index (χ3v) is 2.45. The summed E-state index contributed by atoms with van der Waals surface area (Å²) in [5.41, 5.74) is 2.03. The molecule has 2 aromatic rings. The van der Waals surface area contributed by atoms with Crippen molar-refractivity contribution in [2.75, 3.05) is 0 Å². The zero-order chi connectivity index (χ0) is 11.2. The molecule has 0 aromatic carbocycles. The molecule has 2 nitrogen and oxygen atoms in total. The highest BCUT2D eigenvalue weighted by atomic mass is 19.4. The number of aromatic amines is 1. The molecule has 0 atom stereocenters. The minimum Gasteiger partial charge on any atom is -0.357 e. The smallest absolute Gasteiger partial charge is 0.357 e. The summed E-state index contributed by atoms with van der Waals surface area (Å²) in [4.78, 5) is 6.69. The SMILES string of the molecule is Cc1[nH]c2cc(C(F)(F)F)cnc2c1C. The highest BCUT2D eigenvalue weighted by Crippen LogP contribution is 2.31. The molecule has 5 heteroatoms. The predicted molar refractivity (Wildman–Crippen MR) is 50.6 cm³/mol. The molecule has 2 heterocycles. The molecule has 0 aliphatic carbocycles. The van der Waals surface area contributed by atoms with E-state index in [1.165, 1.54) is 0 Å². The van der Waals surface area contributed by atoms with Gasteiger partial charge < -0.3 is 4.98 Å². The maximum Gasteiger partial charge on any atom is 0.417 e. The number of pyridine rings is 1. The minimum atomic E-state index is -4.34. The Morgan fingerprint density at radius 1 is 1.27 bits per heavy atom. The standard InChI is InChI=1S/C10H9F3N2/c1-5-6(2)15-8-3-7(10(11,12)13)4-14-9(5)8/h3-4,15H,1-2H3. The van der Waals surface area contributed by atoms with E-state index < -0.39 is 11.7 Å². The Morgan fingerprint density at radius 2 is 1.93 bits per heavy atom. The van der Waals surface area contributed by atoms with E-state index in [1.54, 1.807) is 0 Å². The Balaban J connectivity index is 2.67. The van der Waals surface area contributed by atoms with Crippen LogP contribution >= 0.6 is 0 Å². The number of hydrogen-bond donors (Lipinski definition) is 1. The normalized spacial score (nSPS) is 12.3. The quantitative estimate of drug-likeness (QED) is 0.716. The molecule has 0 unspecified atom stereocenters. The van der Waals surface area contributed by atoms with E-state index in [1.807, 2.05) is 13.8 Å². The second-order valence-electron chi connectivity index (χ2n) is 3.49. The molecule has 0 aliphatic heterocycles. The van der Waals surface area contributed by atoms with E-state index in [0.29, 0.717) is 11.0 Å². The first-order valence-electron chi connectivity index (χ1n) is 4.41. The summed E-state index contributed by atoms with van der Waals surface area (Å²) < 4.78 is 37.1. The van der Waals surface area contributed by atoms with Gasteiger partial charge in [0.05, 0.1) is 16.6 Å². The third-order valence-electron chi connectivity index (χ3n) is 2.45. The molecule has 15 heavy (non-hydrogen) atoms. The molecule has 1 N–H and O–H groups in total. The molecule has 0 saturated carbocycles. The number of rotatable bonds is 0. The lowest BCUT2D eigenvalue weighted by molar-refractivity contribution is -0.137. The summed E-state index contributed by atoms with van der Waals surface area (Å²) in [5.74, 6) is 0. The van der Waals surface area contributed by atoms with Gasteiger partial charge in [0, 0.05) is 11.9 Å². The van der Waals surface area contributed by atoms with Gasteiger partial charge in [-0.05, 0) is 25.5 Å². The number of H-pyrrole nitrogens is 1. The highest BCUT2D eigenvalue weighted by Gasteiger charge is 2.31. The maximum atomic E-state index is 12.4. The fraction of sp³-hybridized carbons (Fsp3) is 0.300. The summed E-state index contributed by atoms with van der Waals surface area (Å²) in [6.07, 6.45) is -3.48. The Bertz CT molecular complexity index is 511. The van der Waals surface area contributed by atoms with Gasteiger partial charge in [-0.2, -0.15) is 13.2 Å². The van der Waals surface area contributed by atoms with Crippen molar-refractivity contribution >= 4 is 11.0 Å². The van der Waals surface area contributed by atoms with Crippen molar-refractivity contribution in [3.05, 3.63) is 29.1 Å². The van der Waals surface area contributed by atoms with Crippen LogP contribution in [0, 0.1) is 13.8 Å². The van der Waals surface area contributed by atoms with E-state index in [4.69, 9.17) is 0 Å². The summed E-state index contributed by atoms with van der Waals surface area (Å²) >= 11 is 0. The van der Waals surface area contributed by atoms with Crippen LogP contribution in [0.4, 0.5) is 13.2 Å². The molecule has 0 fully saturated rings. The molecule has 0 bridgehead atoms. The topological polar surface area (TPSA) is 28.7 Å². The van der Waals surface area contributed by atoms with E-state index in [0.717, 1.165) is 23.5 Å². The van der Waals surface area contributed by atoms with Crippen molar-refractivity contribution in [1.82, 2.24) is 9.97 Å². The largest absolute Gasteiger partial charge is 0.417 e. The number of aryl methyl sites for hydroxylation is 2. The maximum absolute atomic E-state index is 12.4. The number of nitrogens with zero attached hydrogens (tertiary/aromatic N) is 1. The summed E-state index contributed by atoms with van der Waals surface area (Å²) in [5, 5.41) is 0. The first-order valence-corrected chi connectivity index (χ1v) is 4.41. The van der Waals surface area contributed by atoms with Gasteiger partial charge >= 0.3 is 6.18 Å². The molecule has 2 rings (SSSR count). The fourth-order valence-corrected chi connectivity index (χ4v) is 1.49. The van der Waals surface area contributed by atoms with Crippen molar-refractivity contribution in [3.63, 3.8) is 0 Å². The van der Waals surface area contributed by atoms with Crippen LogP contribution in [0.5, 0.6) is 0 Å². The van der Waals surface area contributed by atoms with Crippen molar-refractivity contribution in [2.24, 2.45) is 0 Å². The average molecular weight is 214 g/mol. The monoisotopic (exact) mass is 214 g/mol. The molecule has 0 spiro atoms. The average Bonchev–Trinajstić information content (AvgIpc) is 2.41. The van der Waals surface area contributed by atoms with E-state index >= 15 is 0 Å². The molecule has 0 saturated heterocycles. The molecule has 2 aromatic heterocycles. The highest BCUT2D eigenvalue weighted by molar-refractivity contribution is 5.80. The van der Waals surface area contributed by atoms with Gasteiger partial charge in [0.15, 0.2) is 0 Å². The Hall–Kier alpha value is -1.52. The second-order valence-corrected chi connectivity index (χ2v) is 3.49. The number of aromatic nitrogens is 2. The predicted octanol–water partition coefficient (Wildman–Crippen LogP) is 3.20. The van der Waals surface area contributed by atoms with Crippen LogP contribution in [0.25, 0.3) is 11.0 Å². The minimum absolute atomic E-state index is 0.430. The lowest BCUT2D eigenvalue weighted by Crippen LogP contribution is -2.05. The number of nitrogens with one attached hydrogen (secondary N) is 1. The van der Waals surface area contributed by atoms with Crippen LogP contribution < -0.4 is 0 Å². The van der Waals surface area contributed by atoms with Crippen LogP contribution in [0.15, 0.2) is 12.3 Å². The summed E-state index contributed by atoms with van der Waals surface area (Å²) in [7, 11) is 0. The molecule has 0 amide bonds. The van der Waals surface area contributed by atoms with Gasteiger partial charge in [0.2, 0.25) is 0 Å². The number of halogens is 3. The molecular formula is C10H9F3N2. The molecular weight excluding hydrogens is 205 g/mol. The van der Waals surface area contributed by atoms with Crippen molar-refractivity contribution in [1.29, 1.82) is 0 Å². The third kappa shape index (κ3) is 1.58. The van der Waals surface area contributed by atoms with Gasteiger partial charge in [0.1, 0.15) is 0 Å². The van der Waals surface area contributed by atoms with E-state index in [9.17, 15) is 13.2 Å². The number of alkyl halides is 3. The van der Waals surface area contributed by atoms with Crippen molar-refractivity contribution in [3.8, 4) is 0 Å².